The number of aromatic nitrogens is 1. The number of methoxy groups -OCH3 is 2. The fraction of sp³-hybridized carbons (Fsp3) is 0.120. The number of benzene rings is 2. The Labute approximate surface area is 194 Å². The summed E-state index contributed by atoms with van der Waals surface area (Å²) in [7, 11) is 2.83. The van der Waals surface area contributed by atoms with Crippen LogP contribution >= 0.6 is 0 Å². The minimum Gasteiger partial charge on any atom is -0.497 e. The second kappa shape index (κ2) is 9.07. The molecule has 0 aliphatic carbocycles. The first-order valence-electron chi connectivity index (χ1n) is 10.3. The number of nitrogens with one attached hydrogen (secondary N) is 1. The number of carbonyl (C=O) groups excluding carboxylic acids is 2. The van der Waals surface area contributed by atoms with E-state index in [0.717, 1.165) is 0 Å². The van der Waals surface area contributed by atoms with Gasteiger partial charge in [-0.05, 0) is 49.4 Å². The quantitative estimate of drug-likeness (QED) is 0.244. The zero-order valence-corrected chi connectivity index (χ0v) is 18.7. The summed E-state index contributed by atoms with van der Waals surface area (Å²) in [6.45, 7) is 1.74. The summed E-state index contributed by atoms with van der Waals surface area (Å²) in [6, 6.07) is 16.1. The van der Waals surface area contributed by atoms with Crippen LogP contribution in [0.5, 0.6) is 11.5 Å². The Bertz CT molecular complexity index is 1440. The summed E-state index contributed by atoms with van der Waals surface area (Å²) in [5, 5.41) is 14.1. The number of nitro benzene ring substituents is 1. The van der Waals surface area contributed by atoms with E-state index >= 15 is 0 Å². The minimum absolute atomic E-state index is 0.0130. The van der Waals surface area contributed by atoms with Gasteiger partial charge in [0.15, 0.2) is 5.75 Å². The minimum atomic E-state index is -0.572. The average Bonchev–Trinajstić information content (AvgIpc) is 3.14. The molecule has 0 atom stereocenters. The highest BCUT2D eigenvalue weighted by molar-refractivity contribution is 6.14. The van der Waals surface area contributed by atoms with Gasteiger partial charge >= 0.3 is 5.69 Å². The lowest BCUT2D eigenvalue weighted by atomic mass is 10.0. The molecule has 34 heavy (non-hydrogen) atoms. The lowest BCUT2D eigenvalue weighted by Gasteiger charge is -2.08. The zero-order chi connectivity index (χ0) is 24.4. The van der Waals surface area contributed by atoms with Gasteiger partial charge in [-0.1, -0.05) is 12.1 Å². The van der Waals surface area contributed by atoms with E-state index in [0.29, 0.717) is 33.8 Å². The van der Waals surface area contributed by atoms with Crippen LogP contribution in [0.4, 0.5) is 11.4 Å². The van der Waals surface area contributed by atoms with E-state index < -0.39 is 4.92 Å². The monoisotopic (exact) mass is 459 g/mol. The van der Waals surface area contributed by atoms with Crippen molar-refractivity contribution in [1.82, 2.24) is 4.40 Å². The van der Waals surface area contributed by atoms with Crippen LogP contribution in [0.1, 0.15) is 32.0 Å². The van der Waals surface area contributed by atoms with Crippen molar-refractivity contribution in [2.24, 2.45) is 0 Å². The van der Waals surface area contributed by atoms with E-state index in [-0.39, 0.29) is 28.7 Å². The van der Waals surface area contributed by atoms with Gasteiger partial charge in [0, 0.05) is 29.0 Å². The SMILES string of the molecule is COc1cccc(C(=O)Nc2c(C)c(C(=O)c3ccc([N+](=O)[O-])c(OC)c3)n3ccccc23)c1. The van der Waals surface area contributed by atoms with Gasteiger partial charge in [0.1, 0.15) is 5.75 Å². The Kier molecular flexibility index (Phi) is 6.01. The maximum Gasteiger partial charge on any atom is 0.310 e. The van der Waals surface area contributed by atoms with E-state index in [2.05, 4.69) is 5.32 Å². The number of ether oxygens (including phenoxy) is 2. The molecule has 1 amide bonds. The highest BCUT2D eigenvalue weighted by Gasteiger charge is 2.25. The summed E-state index contributed by atoms with van der Waals surface area (Å²) in [6.07, 6.45) is 1.72. The van der Waals surface area contributed by atoms with E-state index in [9.17, 15) is 19.7 Å². The molecule has 9 nitrogen and oxygen atoms in total. The molecule has 2 aromatic carbocycles. The van der Waals surface area contributed by atoms with Gasteiger partial charge in [-0.15, -0.1) is 0 Å². The third-order valence-corrected chi connectivity index (χ3v) is 5.51. The van der Waals surface area contributed by atoms with Crippen molar-refractivity contribution < 1.29 is 24.0 Å². The number of rotatable bonds is 7. The molecule has 0 fully saturated rings. The molecule has 0 radical (unpaired) electrons. The number of fused-ring (bicyclic) bond motifs is 1. The third-order valence-electron chi connectivity index (χ3n) is 5.51. The number of anilines is 1. The Morgan fingerprint density at radius 2 is 1.76 bits per heavy atom. The molecule has 0 aliphatic heterocycles. The average molecular weight is 459 g/mol. The van der Waals surface area contributed by atoms with Crippen LogP contribution in [0.15, 0.2) is 66.9 Å². The first-order valence-corrected chi connectivity index (χ1v) is 10.3. The standard InChI is InChI=1S/C25H21N3O6/c1-15-22(26-25(30)17-7-6-8-18(13-17)33-2)20-9-4-5-12-27(20)23(15)24(29)16-10-11-19(28(31)32)21(14-16)34-3/h4-14H,1-3H3,(H,26,30). The largest absolute Gasteiger partial charge is 0.497 e. The van der Waals surface area contributed by atoms with E-state index in [1.807, 2.05) is 0 Å². The van der Waals surface area contributed by atoms with Crippen molar-refractivity contribution in [3.63, 3.8) is 0 Å². The van der Waals surface area contributed by atoms with Crippen LogP contribution in [0, 0.1) is 17.0 Å². The number of nitro groups is 1. The normalized spacial score (nSPS) is 10.7. The maximum absolute atomic E-state index is 13.5. The van der Waals surface area contributed by atoms with Crippen LogP contribution in [0.3, 0.4) is 0 Å². The molecule has 4 aromatic rings. The number of carbonyl (C=O) groups is 2. The molecule has 2 aromatic heterocycles. The van der Waals surface area contributed by atoms with Gasteiger partial charge in [0.05, 0.1) is 36.0 Å². The number of nitrogens with zero attached hydrogens (tertiary/aromatic N) is 2. The van der Waals surface area contributed by atoms with Gasteiger partial charge in [-0.3, -0.25) is 19.7 Å². The van der Waals surface area contributed by atoms with Gasteiger partial charge in [-0.2, -0.15) is 0 Å². The van der Waals surface area contributed by atoms with Crippen LogP contribution in [-0.2, 0) is 0 Å². The summed E-state index contributed by atoms with van der Waals surface area (Å²) >= 11 is 0. The van der Waals surface area contributed by atoms with E-state index in [1.165, 1.54) is 32.4 Å². The Hall–Kier alpha value is -4.66. The second-order valence-electron chi connectivity index (χ2n) is 7.46. The predicted octanol–water partition coefficient (Wildman–Crippen LogP) is 4.66. The highest BCUT2D eigenvalue weighted by atomic mass is 16.6. The van der Waals surface area contributed by atoms with E-state index in [4.69, 9.17) is 9.47 Å². The molecule has 0 saturated heterocycles. The van der Waals surface area contributed by atoms with Crippen molar-refractivity contribution in [3.8, 4) is 11.5 Å². The molecule has 172 valence electrons. The van der Waals surface area contributed by atoms with Crippen LogP contribution in [-0.4, -0.2) is 35.2 Å². The van der Waals surface area contributed by atoms with Crippen LogP contribution < -0.4 is 14.8 Å². The number of ketones is 1. The molecule has 0 aliphatic rings. The zero-order valence-electron chi connectivity index (χ0n) is 18.7. The number of amides is 1. The number of hydrogen-bond acceptors (Lipinski definition) is 6. The summed E-state index contributed by atoms with van der Waals surface area (Å²) in [5.41, 5.74) is 2.40. The van der Waals surface area contributed by atoms with Crippen molar-refractivity contribution >= 4 is 28.6 Å². The molecule has 9 heteroatoms. The van der Waals surface area contributed by atoms with Crippen molar-refractivity contribution in [2.75, 3.05) is 19.5 Å². The molecule has 2 heterocycles. The molecule has 0 spiro atoms. The van der Waals surface area contributed by atoms with Crippen LogP contribution in [0.2, 0.25) is 0 Å². The number of pyridine rings is 1. The summed E-state index contributed by atoms with van der Waals surface area (Å²) in [4.78, 5) is 37.1. The van der Waals surface area contributed by atoms with E-state index in [1.54, 1.807) is 60.0 Å². The Balaban J connectivity index is 1.78. The Morgan fingerprint density at radius 3 is 2.47 bits per heavy atom. The maximum atomic E-state index is 13.5. The second-order valence-corrected chi connectivity index (χ2v) is 7.46. The van der Waals surface area contributed by atoms with Crippen LogP contribution in [0.25, 0.3) is 5.52 Å². The molecular weight excluding hydrogens is 438 g/mol. The molecule has 0 bridgehead atoms. The summed E-state index contributed by atoms with van der Waals surface area (Å²) < 4.78 is 12.0. The lowest BCUT2D eigenvalue weighted by Crippen LogP contribution is -2.12. The first-order chi connectivity index (χ1) is 16.3. The van der Waals surface area contributed by atoms with Crippen molar-refractivity contribution in [2.45, 2.75) is 6.92 Å². The van der Waals surface area contributed by atoms with Gasteiger partial charge in [0.2, 0.25) is 5.78 Å². The predicted molar refractivity (Wildman–Crippen MR) is 126 cm³/mol. The van der Waals surface area contributed by atoms with Crippen molar-refractivity contribution in [1.29, 1.82) is 0 Å². The fourth-order valence-corrected chi connectivity index (χ4v) is 3.83. The smallest absolute Gasteiger partial charge is 0.310 e. The van der Waals surface area contributed by atoms with Gasteiger partial charge in [-0.25, -0.2) is 0 Å². The Morgan fingerprint density at radius 1 is 0.971 bits per heavy atom. The number of hydrogen-bond donors (Lipinski definition) is 1. The molecule has 1 N–H and O–H groups in total. The lowest BCUT2D eigenvalue weighted by molar-refractivity contribution is -0.385. The molecular formula is C25H21N3O6. The third kappa shape index (κ3) is 3.95. The van der Waals surface area contributed by atoms with Gasteiger partial charge < -0.3 is 19.2 Å². The molecule has 0 unspecified atom stereocenters. The highest BCUT2D eigenvalue weighted by Crippen LogP contribution is 2.33. The van der Waals surface area contributed by atoms with Crippen molar-refractivity contribution in [3.05, 3.63) is 99.4 Å². The summed E-state index contributed by atoms with van der Waals surface area (Å²) in [5.74, 6) is -0.182. The fourth-order valence-electron chi connectivity index (χ4n) is 3.83. The topological polar surface area (TPSA) is 112 Å². The molecule has 0 saturated carbocycles. The first kappa shape index (κ1) is 22.5. The van der Waals surface area contributed by atoms with Gasteiger partial charge in [0.25, 0.3) is 5.91 Å². The molecule has 4 rings (SSSR count).